The fourth-order valence-electron chi connectivity index (χ4n) is 2.04. The Morgan fingerprint density at radius 2 is 2.15 bits per heavy atom. The first-order valence-corrected chi connectivity index (χ1v) is 6.71. The molecule has 0 aliphatic heterocycles. The van der Waals surface area contributed by atoms with Crippen molar-refractivity contribution in [3.8, 4) is 5.75 Å². The summed E-state index contributed by atoms with van der Waals surface area (Å²) >= 11 is 0. The van der Waals surface area contributed by atoms with Gasteiger partial charge in [-0.3, -0.25) is 4.68 Å². The maximum absolute atomic E-state index is 13.3. The van der Waals surface area contributed by atoms with Crippen molar-refractivity contribution in [2.75, 3.05) is 0 Å². The van der Waals surface area contributed by atoms with Gasteiger partial charge in [0.05, 0.1) is 11.4 Å². The first-order chi connectivity index (χ1) is 9.51. The lowest BCUT2D eigenvalue weighted by atomic mass is 10.1. The highest BCUT2D eigenvalue weighted by molar-refractivity contribution is 5.36. The fraction of sp³-hybridized carbons (Fsp3) is 0.400. The highest BCUT2D eigenvalue weighted by atomic mass is 19.1. The minimum absolute atomic E-state index is 0.279. The van der Waals surface area contributed by atoms with Gasteiger partial charge in [0.15, 0.2) is 0 Å². The van der Waals surface area contributed by atoms with E-state index in [-0.39, 0.29) is 11.9 Å². The fourth-order valence-corrected chi connectivity index (χ4v) is 2.04. The molecule has 0 amide bonds. The van der Waals surface area contributed by atoms with Crippen molar-refractivity contribution < 1.29 is 9.13 Å². The van der Waals surface area contributed by atoms with Gasteiger partial charge in [-0.15, -0.1) is 0 Å². The Labute approximate surface area is 118 Å². The third-order valence-corrected chi connectivity index (χ3v) is 3.23. The number of hydrogen-bond acceptors (Lipinski definition) is 3. The van der Waals surface area contributed by atoms with Crippen molar-refractivity contribution in [2.45, 2.75) is 32.9 Å². The number of ether oxygens (including phenoxy) is 1. The zero-order chi connectivity index (χ0) is 14.7. The molecule has 1 aromatic carbocycles. The summed E-state index contributed by atoms with van der Waals surface area (Å²) < 4.78 is 20.8. The van der Waals surface area contributed by atoms with Crippen LogP contribution in [0.3, 0.4) is 0 Å². The first kappa shape index (κ1) is 14.5. The van der Waals surface area contributed by atoms with E-state index in [0.29, 0.717) is 17.9 Å². The Morgan fingerprint density at radius 1 is 1.40 bits per heavy atom. The molecule has 0 spiro atoms. The van der Waals surface area contributed by atoms with Crippen LogP contribution in [0.4, 0.5) is 4.39 Å². The van der Waals surface area contributed by atoms with E-state index in [4.69, 9.17) is 10.5 Å². The molecule has 2 aromatic rings. The molecule has 0 radical (unpaired) electrons. The van der Waals surface area contributed by atoms with Crippen molar-refractivity contribution in [2.24, 2.45) is 12.8 Å². The number of benzene rings is 1. The van der Waals surface area contributed by atoms with Crippen molar-refractivity contribution >= 4 is 0 Å². The molecule has 108 valence electrons. The van der Waals surface area contributed by atoms with E-state index in [0.717, 1.165) is 17.8 Å². The molecule has 0 fully saturated rings. The third-order valence-electron chi connectivity index (χ3n) is 3.23. The first-order valence-electron chi connectivity index (χ1n) is 6.71. The molecule has 2 rings (SSSR count). The molecule has 5 heteroatoms. The molecule has 1 atom stereocenters. The van der Waals surface area contributed by atoms with E-state index >= 15 is 0 Å². The van der Waals surface area contributed by atoms with E-state index in [1.54, 1.807) is 17.7 Å². The number of nitrogens with zero attached hydrogens (tertiary/aromatic N) is 2. The molecule has 0 bridgehead atoms. The van der Waals surface area contributed by atoms with Crippen molar-refractivity contribution in [1.29, 1.82) is 0 Å². The van der Waals surface area contributed by atoms with Crippen LogP contribution in [0.2, 0.25) is 0 Å². The number of aromatic nitrogens is 2. The van der Waals surface area contributed by atoms with Crippen LogP contribution in [0, 0.1) is 5.82 Å². The monoisotopic (exact) mass is 277 g/mol. The van der Waals surface area contributed by atoms with Gasteiger partial charge in [-0.2, -0.15) is 5.10 Å². The SMILES string of the molecule is CCc1cc(COc2ccc(F)cc2C(C)N)n(C)n1. The summed E-state index contributed by atoms with van der Waals surface area (Å²) in [5, 5.41) is 4.37. The molecule has 0 aliphatic rings. The van der Waals surface area contributed by atoms with Gasteiger partial charge in [0.2, 0.25) is 0 Å². The molecule has 4 nitrogen and oxygen atoms in total. The van der Waals surface area contributed by atoms with Gasteiger partial charge >= 0.3 is 0 Å². The highest BCUT2D eigenvalue weighted by Crippen LogP contribution is 2.25. The zero-order valence-corrected chi connectivity index (χ0v) is 12.1. The molecule has 0 saturated carbocycles. The molecule has 0 aliphatic carbocycles. The quantitative estimate of drug-likeness (QED) is 0.914. The summed E-state index contributed by atoms with van der Waals surface area (Å²) in [6.07, 6.45) is 0.884. The van der Waals surface area contributed by atoms with Crippen LogP contribution < -0.4 is 10.5 Å². The Balaban J connectivity index is 2.16. The van der Waals surface area contributed by atoms with Gasteiger partial charge in [0.1, 0.15) is 18.2 Å². The lowest BCUT2D eigenvalue weighted by Gasteiger charge is -2.14. The van der Waals surface area contributed by atoms with Crippen LogP contribution in [-0.4, -0.2) is 9.78 Å². The topological polar surface area (TPSA) is 53.1 Å². The Hall–Kier alpha value is -1.88. The predicted octanol–water partition coefficient (Wildman–Crippen LogP) is 2.72. The number of rotatable bonds is 5. The summed E-state index contributed by atoms with van der Waals surface area (Å²) in [4.78, 5) is 0. The van der Waals surface area contributed by atoms with Crippen LogP contribution in [0.5, 0.6) is 5.75 Å². The average Bonchev–Trinajstić information content (AvgIpc) is 2.78. The van der Waals surface area contributed by atoms with Gasteiger partial charge < -0.3 is 10.5 Å². The van der Waals surface area contributed by atoms with Gasteiger partial charge in [-0.05, 0) is 37.6 Å². The molecule has 1 heterocycles. The van der Waals surface area contributed by atoms with Crippen molar-refractivity contribution in [3.05, 3.63) is 47.0 Å². The molecular formula is C15H20FN3O. The maximum Gasteiger partial charge on any atom is 0.130 e. The molecular weight excluding hydrogens is 257 g/mol. The zero-order valence-electron chi connectivity index (χ0n) is 12.1. The number of hydrogen-bond donors (Lipinski definition) is 1. The normalized spacial score (nSPS) is 12.4. The van der Waals surface area contributed by atoms with Gasteiger partial charge in [-0.1, -0.05) is 6.92 Å². The summed E-state index contributed by atoms with van der Waals surface area (Å²) in [6, 6.07) is 6.14. The van der Waals surface area contributed by atoms with E-state index in [2.05, 4.69) is 12.0 Å². The number of halogens is 1. The third kappa shape index (κ3) is 3.17. The average molecular weight is 277 g/mol. The molecule has 2 N–H and O–H groups in total. The van der Waals surface area contributed by atoms with E-state index in [9.17, 15) is 4.39 Å². The lowest BCUT2D eigenvalue weighted by molar-refractivity contribution is 0.290. The van der Waals surface area contributed by atoms with Gasteiger partial charge in [-0.25, -0.2) is 4.39 Å². The van der Waals surface area contributed by atoms with E-state index in [1.807, 2.05) is 13.1 Å². The van der Waals surface area contributed by atoms with Gasteiger partial charge in [0.25, 0.3) is 0 Å². The second-order valence-corrected chi connectivity index (χ2v) is 4.86. The maximum atomic E-state index is 13.3. The van der Waals surface area contributed by atoms with Crippen LogP contribution in [-0.2, 0) is 20.1 Å². The number of nitrogens with two attached hydrogens (primary N) is 1. The highest BCUT2D eigenvalue weighted by Gasteiger charge is 2.11. The summed E-state index contributed by atoms with van der Waals surface area (Å²) in [5.74, 6) is 0.305. The summed E-state index contributed by atoms with van der Waals surface area (Å²) in [6.45, 7) is 4.25. The Kier molecular flexibility index (Phi) is 4.39. The Bertz CT molecular complexity index is 593. The minimum atomic E-state index is -0.307. The largest absolute Gasteiger partial charge is 0.487 e. The standard InChI is InChI=1S/C15H20FN3O/c1-4-12-8-13(19(3)18-12)9-20-15-6-5-11(16)7-14(15)10(2)17/h5-8,10H,4,9,17H2,1-3H3. The lowest BCUT2D eigenvalue weighted by Crippen LogP contribution is -2.09. The Morgan fingerprint density at radius 3 is 2.75 bits per heavy atom. The predicted molar refractivity (Wildman–Crippen MR) is 75.9 cm³/mol. The molecule has 1 aromatic heterocycles. The molecule has 20 heavy (non-hydrogen) atoms. The van der Waals surface area contributed by atoms with E-state index in [1.165, 1.54) is 12.1 Å². The van der Waals surface area contributed by atoms with Crippen molar-refractivity contribution in [3.63, 3.8) is 0 Å². The smallest absolute Gasteiger partial charge is 0.130 e. The van der Waals surface area contributed by atoms with Crippen LogP contribution in [0.25, 0.3) is 0 Å². The minimum Gasteiger partial charge on any atom is -0.487 e. The second-order valence-electron chi connectivity index (χ2n) is 4.86. The number of aryl methyl sites for hydroxylation is 2. The molecule has 0 saturated heterocycles. The van der Waals surface area contributed by atoms with Crippen LogP contribution in [0.15, 0.2) is 24.3 Å². The summed E-state index contributed by atoms with van der Waals surface area (Å²) in [7, 11) is 1.88. The van der Waals surface area contributed by atoms with Crippen LogP contribution >= 0.6 is 0 Å². The summed E-state index contributed by atoms with van der Waals surface area (Å²) in [5.41, 5.74) is 8.51. The molecule has 1 unspecified atom stereocenters. The van der Waals surface area contributed by atoms with Crippen LogP contribution in [0.1, 0.15) is 36.8 Å². The van der Waals surface area contributed by atoms with Gasteiger partial charge in [0, 0.05) is 18.7 Å². The van der Waals surface area contributed by atoms with E-state index < -0.39 is 0 Å². The second kappa shape index (κ2) is 6.05. The van der Waals surface area contributed by atoms with Crippen molar-refractivity contribution in [1.82, 2.24) is 9.78 Å².